The van der Waals surface area contributed by atoms with Crippen LogP contribution in [0.4, 0.5) is 0 Å². The molecule has 49 heavy (non-hydrogen) atoms. The summed E-state index contributed by atoms with van der Waals surface area (Å²) in [5.41, 5.74) is -0.895. The van der Waals surface area contributed by atoms with Crippen molar-refractivity contribution in [2.75, 3.05) is 0 Å². The second kappa shape index (κ2) is 11.6. The van der Waals surface area contributed by atoms with Crippen molar-refractivity contribution in [3.63, 3.8) is 0 Å². The molecule has 0 amide bonds. The minimum atomic E-state index is -1.32. The first-order chi connectivity index (χ1) is 22.9. The zero-order valence-electron chi connectivity index (χ0n) is 30.5. The van der Waals surface area contributed by atoms with Gasteiger partial charge in [0.15, 0.2) is 6.29 Å². The van der Waals surface area contributed by atoms with E-state index >= 15 is 0 Å². The SMILES string of the molecule is CC(=O)OC1CC2C(C)(C)C(OC(=O)C=Cc3ccccc3)CCC2(C)C2CCC34CC3(CCC4C3CC(C(O)C(C)(C)O)OC3O)C12C. The van der Waals surface area contributed by atoms with E-state index in [4.69, 9.17) is 14.2 Å². The Morgan fingerprint density at radius 1 is 0.959 bits per heavy atom. The highest BCUT2D eigenvalue weighted by Crippen LogP contribution is 2.91. The van der Waals surface area contributed by atoms with Gasteiger partial charge in [-0.05, 0) is 117 Å². The van der Waals surface area contributed by atoms with Crippen LogP contribution in [0, 0.1) is 50.7 Å². The predicted molar refractivity (Wildman–Crippen MR) is 184 cm³/mol. The normalized spacial score (nSPS) is 45.8. The summed E-state index contributed by atoms with van der Waals surface area (Å²) in [6.07, 6.45) is 8.36. The minimum Gasteiger partial charge on any atom is -0.462 e. The van der Waals surface area contributed by atoms with Crippen LogP contribution in [0.15, 0.2) is 36.4 Å². The quantitative estimate of drug-likeness (QED) is 0.222. The van der Waals surface area contributed by atoms with E-state index in [9.17, 15) is 24.9 Å². The van der Waals surface area contributed by atoms with E-state index in [1.807, 2.05) is 30.3 Å². The number of hydrogen-bond donors (Lipinski definition) is 3. The zero-order chi connectivity index (χ0) is 35.4. The fourth-order valence-corrected chi connectivity index (χ4v) is 13.5. The molecule has 1 heterocycles. The van der Waals surface area contributed by atoms with Gasteiger partial charge in [-0.3, -0.25) is 4.79 Å². The lowest BCUT2D eigenvalue weighted by Crippen LogP contribution is -2.67. The van der Waals surface area contributed by atoms with Crippen LogP contribution in [0.5, 0.6) is 0 Å². The van der Waals surface area contributed by atoms with Crippen molar-refractivity contribution in [2.45, 2.75) is 143 Å². The van der Waals surface area contributed by atoms with E-state index in [-0.39, 0.29) is 69.0 Å². The molecule has 7 rings (SSSR count). The highest BCUT2D eigenvalue weighted by Gasteiger charge is 2.86. The van der Waals surface area contributed by atoms with Crippen molar-refractivity contribution in [3.8, 4) is 0 Å². The van der Waals surface area contributed by atoms with Crippen molar-refractivity contribution in [1.82, 2.24) is 0 Å². The maximum Gasteiger partial charge on any atom is 0.331 e. The lowest BCUT2D eigenvalue weighted by Gasteiger charge is -2.68. The molecule has 1 saturated heterocycles. The molecule has 0 bridgehead atoms. The number of benzene rings is 1. The Morgan fingerprint density at radius 3 is 2.35 bits per heavy atom. The molecule has 8 nitrogen and oxygen atoms in total. The summed E-state index contributed by atoms with van der Waals surface area (Å²) in [5.74, 6) is 0.0994. The molecular formula is C41H58O8. The topological polar surface area (TPSA) is 123 Å². The molecule has 1 aromatic rings. The number of carbonyl (C=O) groups excluding carboxylic acids is 2. The van der Waals surface area contributed by atoms with E-state index in [0.29, 0.717) is 12.3 Å². The number of fused-ring (bicyclic) bond motifs is 3. The first-order valence-corrected chi connectivity index (χ1v) is 18.8. The first-order valence-electron chi connectivity index (χ1n) is 18.8. The summed E-state index contributed by atoms with van der Waals surface area (Å²) in [5, 5.41) is 32.6. The largest absolute Gasteiger partial charge is 0.462 e. The second-order valence-electron chi connectivity index (χ2n) is 18.4. The third-order valence-corrected chi connectivity index (χ3v) is 15.6. The summed E-state index contributed by atoms with van der Waals surface area (Å²) < 4.78 is 18.6. The van der Waals surface area contributed by atoms with Crippen LogP contribution in [-0.2, 0) is 23.8 Å². The Balaban J connectivity index is 1.15. The zero-order valence-corrected chi connectivity index (χ0v) is 30.5. The van der Waals surface area contributed by atoms with Gasteiger partial charge in [0.25, 0.3) is 0 Å². The van der Waals surface area contributed by atoms with Crippen molar-refractivity contribution in [1.29, 1.82) is 0 Å². The summed E-state index contributed by atoms with van der Waals surface area (Å²) in [6, 6.07) is 9.76. The molecule has 13 atom stereocenters. The minimum absolute atomic E-state index is 0.00401. The number of hydrogen-bond acceptors (Lipinski definition) is 8. The number of aliphatic hydroxyl groups is 3. The molecule has 13 unspecified atom stereocenters. The highest BCUT2D eigenvalue weighted by atomic mass is 16.6. The van der Waals surface area contributed by atoms with Crippen LogP contribution in [0.2, 0.25) is 0 Å². The molecule has 6 aliphatic rings. The molecule has 0 aromatic heterocycles. The fraction of sp³-hybridized carbons (Fsp3) is 0.756. The summed E-state index contributed by atoms with van der Waals surface area (Å²) >= 11 is 0. The monoisotopic (exact) mass is 678 g/mol. The Morgan fingerprint density at radius 2 is 1.67 bits per heavy atom. The van der Waals surface area contributed by atoms with Gasteiger partial charge in [-0.15, -0.1) is 0 Å². The average molecular weight is 679 g/mol. The number of aliphatic hydroxyl groups excluding tert-OH is 2. The van der Waals surface area contributed by atoms with Crippen molar-refractivity contribution in [3.05, 3.63) is 42.0 Å². The van der Waals surface area contributed by atoms with Crippen LogP contribution in [0.3, 0.4) is 0 Å². The molecule has 5 aliphatic carbocycles. The summed E-state index contributed by atoms with van der Waals surface area (Å²) in [6.45, 7) is 14.1. The highest BCUT2D eigenvalue weighted by molar-refractivity contribution is 5.87. The molecule has 5 saturated carbocycles. The maximum atomic E-state index is 13.1. The molecule has 8 heteroatoms. The lowest BCUT2D eigenvalue weighted by molar-refractivity contribution is -0.251. The second-order valence-corrected chi connectivity index (χ2v) is 18.4. The molecule has 1 aliphatic heterocycles. The van der Waals surface area contributed by atoms with Gasteiger partial charge in [0, 0.05) is 29.7 Å². The van der Waals surface area contributed by atoms with Crippen molar-refractivity contribution >= 4 is 18.0 Å². The lowest BCUT2D eigenvalue weighted by atomic mass is 9.37. The van der Waals surface area contributed by atoms with Crippen molar-refractivity contribution in [2.24, 2.45) is 50.7 Å². The van der Waals surface area contributed by atoms with Crippen LogP contribution in [0.25, 0.3) is 6.08 Å². The van der Waals surface area contributed by atoms with Crippen LogP contribution in [0.1, 0.15) is 112 Å². The van der Waals surface area contributed by atoms with Gasteiger partial charge in [0.2, 0.25) is 0 Å². The third kappa shape index (κ3) is 5.12. The van der Waals surface area contributed by atoms with Crippen LogP contribution in [-0.4, -0.2) is 63.6 Å². The summed E-state index contributed by atoms with van der Waals surface area (Å²) in [7, 11) is 0. The standard InChI is InChI=1S/C41H58O8/c1-24(42)47-32-22-30-36(2,3)31(49-33(43)14-13-25-11-9-8-10-12-25)17-18-38(30,6)29-16-19-40-23-41(40,39(29,32)7)20-15-27(40)26-21-28(48-35(26)45)34(44)37(4,5)46/h8-14,26-32,34-35,44-46H,15-23H2,1-7H3. The van der Waals surface area contributed by atoms with Gasteiger partial charge < -0.3 is 29.5 Å². The van der Waals surface area contributed by atoms with Gasteiger partial charge >= 0.3 is 11.9 Å². The molecule has 0 spiro atoms. The first kappa shape index (κ1) is 35.2. The van der Waals surface area contributed by atoms with Gasteiger partial charge in [0.1, 0.15) is 18.3 Å². The van der Waals surface area contributed by atoms with Crippen LogP contribution >= 0.6 is 0 Å². The van der Waals surface area contributed by atoms with Gasteiger partial charge in [0.05, 0.1) is 11.7 Å². The van der Waals surface area contributed by atoms with Gasteiger partial charge in [-0.1, -0.05) is 58.0 Å². The van der Waals surface area contributed by atoms with Crippen molar-refractivity contribution < 1.29 is 39.1 Å². The number of carbonyl (C=O) groups is 2. The Hall–Kier alpha value is -2.26. The van der Waals surface area contributed by atoms with E-state index in [0.717, 1.165) is 56.9 Å². The molecular weight excluding hydrogens is 620 g/mol. The Bertz CT molecular complexity index is 1480. The number of esters is 2. The van der Waals surface area contributed by atoms with E-state index in [1.165, 1.54) is 13.0 Å². The molecule has 1 aromatic carbocycles. The molecule has 3 N–H and O–H groups in total. The average Bonchev–Trinajstić information content (AvgIpc) is 3.40. The van der Waals surface area contributed by atoms with E-state index in [1.54, 1.807) is 19.9 Å². The Labute approximate surface area is 292 Å². The van der Waals surface area contributed by atoms with Gasteiger partial charge in [-0.2, -0.15) is 0 Å². The molecule has 270 valence electrons. The number of ether oxygens (including phenoxy) is 3. The maximum absolute atomic E-state index is 13.1. The van der Waals surface area contributed by atoms with Crippen LogP contribution < -0.4 is 0 Å². The smallest absolute Gasteiger partial charge is 0.331 e. The Kier molecular flexibility index (Phi) is 8.34. The van der Waals surface area contributed by atoms with Gasteiger partial charge in [-0.25, -0.2) is 4.79 Å². The van der Waals surface area contributed by atoms with E-state index < -0.39 is 24.1 Å². The number of rotatable bonds is 7. The van der Waals surface area contributed by atoms with E-state index in [2.05, 4.69) is 27.7 Å². The molecule has 0 radical (unpaired) electrons. The summed E-state index contributed by atoms with van der Waals surface area (Å²) in [4.78, 5) is 26.0. The predicted octanol–water partition coefficient (Wildman–Crippen LogP) is 6.45. The third-order valence-electron chi connectivity index (χ3n) is 15.6. The fourth-order valence-electron chi connectivity index (χ4n) is 13.5. The molecule has 6 fully saturated rings.